The number of hydrogen-bond donors (Lipinski definition) is 1. The topological polar surface area (TPSA) is 84.2 Å². The van der Waals surface area contributed by atoms with Crippen LogP contribution in [0.1, 0.15) is 53.9 Å². The van der Waals surface area contributed by atoms with Gasteiger partial charge < -0.3 is 14.7 Å². The van der Waals surface area contributed by atoms with E-state index >= 15 is 0 Å². The monoisotopic (exact) mass is 327 g/mol. The number of carbonyl (C=O) groups is 1. The van der Waals surface area contributed by atoms with Crippen LogP contribution in [0.3, 0.4) is 0 Å². The van der Waals surface area contributed by atoms with Crippen LogP contribution in [0, 0.1) is 0 Å². The lowest BCUT2D eigenvalue weighted by Gasteiger charge is -2.26. The number of rotatable bonds is 3. The summed E-state index contributed by atoms with van der Waals surface area (Å²) in [6.07, 6.45) is 10.8. The molecule has 0 saturated carbocycles. The normalized spacial score (nSPS) is 17.4. The molecule has 0 radical (unpaired) electrons. The van der Waals surface area contributed by atoms with E-state index in [2.05, 4.69) is 25.3 Å². The van der Waals surface area contributed by atoms with Gasteiger partial charge in [-0.2, -0.15) is 0 Å². The molecule has 3 heterocycles. The number of fused-ring (bicyclic) bond motifs is 1. The Hall–Kier alpha value is -2.44. The minimum atomic E-state index is -0.253. The van der Waals surface area contributed by atoms with Gasteiger partial charge in [-0.25, -0.2) is 9.97 Å². The zero-order valence-electron chi connectivity index (χ0n) is 13.6. The largest absolute Gasteiger partial charge is 0.360 e. The van der Waals surface area contributed by atoms with Crippen molar-refractivity contribution >= 4 is 17.5 Å². The summed E-state index contributed by atoms with van der Waals surface area (Å²) in [6, 6.07) is 0. The van der Waals surface area contributed by atoms with Crippen LogP contribution in [0.2, 0.25) is 0 Å². The van der Waals surface area contributed by atoms with Crippen molar-refractivity contribution < 1.29 is 9.32 Å². The molecule has 1 aliphatic carbocycles. The summed E-state index contributed by atoms with van der Waals surface area (Å²) in [5.74, 6) is 1.32. The van der Waals surface area contributed by atoms with Crippen LogP contribution in [0.4, 0.5) is 11.6 Å². The van der Waals surface area contributed by atoms with Crippen molar-refractivity contribution in [3.05, 3.63) is 29.4 Å². The van der Waals surface area contributed by atoms with Gasteiger partial charge in [-0.05, 0) is 38.5 Å². The molecular formula is C17H21N5O2. The van der Waals surface area contributed by atoms with Gasteiger partial charge >= 0.3 is 0 Å². The molecule has 4 rings (SSSR count). The number of amides is 1. The lowest BCUT2D eigenvalue weighted by molar-refractivity contribution is 0.101. The minimum Gasteiger partial charge on any atom is -0.360 e. The molecular weight excluding hydrogens is 306 g/mol. The van der Waals surface area contributed by atoms with Crippen molar-refractivity contribution in [2.75, 3.05) is 23.3 Å². The molecule has 2 aromatic heterocycles. The second kappa shape index (κ2) is 6.59. The van der Waals surface area contributed by atoms with Gasteiger partial charge in [0.25, 0.3) is 5.91 Å². The SMILES string of the molecule is O=C(Nc1cnc(N2CCCCC2)nc1)c1noc2c1CCCC2. The molecule has 2 aromatic rings. The summed E-state index contributed by atoms with van der Waals surface area (Å²) in [6.45, 7) is 1.99. The highest BCUT2D eigenvalue weighted by Crippen LogP contribution is 2.25. The van der Waals surface area contributed by atoms with E-state index in [9.17, 15) is 4.79 Å². The average molecular weight is 327 g/mol. The number of nitrogens with one attached hydrogen (secondary N) is 1. The fraction of sp³-hybridized carbons (Fsp3) is 0.529. The third-order valence-corrected chi connectivity index (χ3v) is 4.70. The molecule has 126 valence electrons. The minimum absolute atomic E-state index is 0.253. The van der Waals surface area contributed by atoms with Gasteiger partial charge in [0, 0.05) is 25.1 Å². The Morgan fingerprint density at radius 2 is 1.79 bits per heavy atom. The van der Waals surface area contributed by atoms with Gasteiger partial charge in [0.15, 0.2) is 5.69 Å². The fourth-order valence-corrected chi connectivity index (χ4v) is 3.40. The maximum absolute atomic E-state index is 12.4. The molecule has 7 heteroatoms. The van der Waals surface area contributed by atoms with Gasteiger partial charge in [-0.1, -0.05) is 5.16 Å². The van der Waals surface area contributed by atoms with Crippen LogP contribution in [-0.2, 0) is 12.8 Å². The van der Waals surface area contributed by atoms with Crippen molar-refractivity contribution in [2.45, 2.75) is 44.9 Å². The molecule has 24 heavy (non-hydrogen) atoms. The number of aryl methyl sites for hydroxylation is 1. The molecule has 0 aromatic carbocycles. The fourth-order valence-electron chi connectivity index (χ4n) is 3.40. The smallest absolute Gasteiger partial charge is 0.278 e. The Kier molecular flexibility index (Phi) is 4.15. The van der Waals surface area contributed by atoms with Crippen LogP contribution in [0.15, 0.2) is 16.9 Å². The molecule has 0 spiro atoms. The van der Waals surface area contributed by atoms with E-state index in [0.717, 1.165) is 56.0 Å². The Balaban J connectivity index is 1.45. The van der Waals surface area contributed by atoms with Crippen LogP contribution < -0.4 is 10.2 Å². The number of nitrogens with zero attached hydrogens (tertiary/aromatic N) is 4. The van der Waals surface area contributed by atoms with E-state index in [1.54, 1.807) is 12.4 Å². The van der Waals surface area contributed by atoms with Crippen LogP contribution in [0.5, 0.6) is 0 Å². The third-order valence-electron chi connectivity index (χ3n) is 4.70. The molecule has 0 unspecified atom stereocenters. The van der Waals surface area contributed by atoms with Gasteiger partial charge in [0.2, 0.25) is 5.95 Å². The van der Waals surface area contributed by atoms with Crippen molar-refractivity contribution in [3.8, 4) is 0 Å². The summed E-state index contributed by atoms with van der Waals surface area (Å²) in [5, 5.41) is 6.77. The average Bonchev–Trinajstić information content (AvgIpc) is 3.07. The third kappa shape index (κ3) is 2.98. The van der Waals surface area contributed by atoms with Crippen molar-refractivity contribution in [1.82, 2.24) is 15.1 Å². The summed E-state index contributed by atoms with van der Waals surface area (Å²) >= 11 is 0. The first-order chi connectivity index (χ1) is 11.8. The first-order valence-corrected chi connectivity index (χ1v) is 8.67. The molecule has 1 aliphatic heterocycles. The predicted molar refractivity (Wildman–Crippen MR) is 89.2 cm³/mol. The Morgan fingerprint density at radius 1 is 1.04 bits per heavy atom. The van der Waals surface area contributed by atoms with Crippen LogP contribution in [-0.4, -0.2) is 34.1 Å². The molecule has 0 atom stereocenters. The van der Waals surface area contributed by atoms with Gasteiger partial charge in [-0.3, -0.25) is 4.79 Å². The number of hydrogen-bond acceptors (Lipinski definition) is 6. The maximum Gasteiger partial charge on any atom is 0.278 e. The quantitative estimate of drug-likeness (QED) is 0.933. The Morgan fingerprint density at radius 3 is 2.58 bits per heavy atom. The highest BCUT2D eigenvalue weighted by atomic mass is 16.5. The summed E-state index contributed by atoms with van der Waals surface area (Å²) in [4.78, 5) is 23.4. The van der Waals surface area contributed by atoms with Crippen molar-refractivity contribution in [3.63, 3.8) is 0 Å². The molecule has 1 saturated heterocycles. The molecule has 7 nitrogen and oxygen atoms in total. The number of piperidine rings is 1. The molecule has 1 N–H and O–H groups in total. The molecule has 1 fully saturated rings. The first kappa shape index (κ1) is 15.1. The summed E-state index contributed by atoms with van der Waals surface area (Å²) in [5.41, 5.74) is 1.92. The van der Waals surface area contributed by atoms with E-state index in [-0.39, 0.29) is 5.91 Å². The van der Waals surface area contributed by atoms with E-state index < -0.39 is 0 Å². The van der Waals surface area contributed by atoms with E-state index in [1.165, 1.54) is 19.3 Å². The second-order valence-electron chi connectivity index (χ2n) is 6.41. The highest BCUT2D eigenvalue weighted by molar-refractivity contribution is 6.03. The Labute approximate surface area is 140 Å². The van der Waals surface area contributed by atoms with Crippen LogP contribution in [0.25, 0.3) is 0 Å². The molecule has 0 bridgehead atoms. The molecule has 1 amide bonds. The van der Waals surface area contributed by atoms with Crippen LogP contribution >= 0.6 is 0 Å². The number of anilines is 2. The highest BCUT2D eigenvalue weighted by Gasteiger charge is 2.24. The standard InChI is InChI=1S/C17H21N5O2/c23-16(15-13-6-2-3-7-14(13)24-21-15)20-12-10-18-17(19-11-12)22-8-4-1-5-9-22/h10-11H,1-9H2,(H,20,23). The molecule has 2 aliphatic rings. The first-order valence-electron chi connectivity index (χ1n) is 8.67. The summed E-state index contributed by atoms with van der Waals surface area (Å²) in [7, 11) is 0. The lowest BCUT2D eigenvalue weighted by atomic mass is 9.96. The van der Waals surface area contributed by atoms with Crippen molar-refractivity contribution in [2.24, 2.45) is 0 Å². The van der Waals surface area contributed by atoms with Crippen molar-refractivity contribution in [1.29, 1.82) is 0 Å². The van der Waals surface area contributed by atoms with Gasteiger partial charge in [0.1, 0.15) is 5.76 Å². The van der Waals surface area contributed by atoms with Gasteiger partial charge in [0.05, 0.1) is 18.1 Å². The number of carbonyl (C=O) groups excluding carboxylic acids is 1. The zero-order valence-corrected chi connectivity index (χ0v) is 13.6. The predicted octanol–water partition coefficient (Wildman–Crippen LogP) is 2.59. The Bertz CT molecular complexity index is 719. The van der Waals surface area contributed by atoms with E-state index in [1.807, 2.05) is 0 Å². The lowest BCUT2D eigenvalue weighted by Crippen LogP contribution is -2.30. The zero-order chi connectivity index (χ0) is 16.4. The number of aromatic nitrogens is 3. The summed E-state index contributed by atoms with van der Waals surface area (Å²) < 4.78 is 5.30. The maximum atomic E-state index is 12.4. The van der Waals surface area contributed by atoms with E-state index in [4.69, 9.17) is 4.52 Å². The van der Waals surface area contributed by atoms with Gasteiger partial charge in [-0.15, -0.1) is 0 Å². The van der Waals surface area contributed by atoms with E-state index in [0.29, 0.717) is 11.4 Å². The second-order valence-corrected chi connectivity index (χ2v) is 6.41.